The molecule has 1 nitrogen and oxygen atoms in total. The maximum atomic E-state index is 13.4. The Morgan fingerprint density at radius 1 is 1.00 bits per heavy atom. The van der Waals surface area contributed by atoms with Gasteiger partial charge in [0.1, 0.15) is 0 Å². The van der Waals surface area contributed by atoms with Crippen molar-refractivity contribution >= 4 is 0 Å². The smallest absolute Gasteiger partial charge is 0.159 e. The molecule has 0 spiro atoms. The molecule has 114 valence electrons. The zero-order valence-corrected chi connectivity index (χ0v) is 12.3. The Balaban J connectivity index is 1.53. The minimum Gasteiger partial charge on any atom is -0.324 e. The third kappa shape index (κ3) is 2.40. The van der Waals surface area contributed by atoms with Gasteiger partial charge in [0.15, 0.2) is 11.6 Å². The molecule has 21 heavy (non-hydrogen) atoms. The first-order valence-electron chi connectivity index (χ1n) is 8.23. The minimum atomic E-state index is -0.791. The first-order valence-corrected chi connectivity index (χ1v) is 8.23. The predicted octanol–water partition coefficient (Wildman–Crippen LogP) is 4.57. The highest BCUT2D eigenvalue weighted by atomic mass is 19.2. The molecule has 0 aliphatic heterocycles. The van der Waals surface area contributed by atoms with Crippen LogP contribution in [0.25, 0.3) is 0 Å². The molecule has 2 N–H and O–H groups in total. The standard InChI is InChI=1S/C18H23F2N/c19-15-2-1-14(6-16(15)20)17(21)10-18-7-11-3-12(8-18)5-13(4-11)9-18/h1-2,6,11-13,17H,3-5,7-10,21H2. The second-order valence-corrected chi connectivity index (χ2v) is 7.90. The summed E-state index contributed by atoms with van der Waals surface area (Å²) in [6.07, 6.45) is 9.09. The van der Waals surface area contributed by atoms with Crippen LogP contribution in [-0.2, 0) is 0 Å². The molecule has 4 aliphatic carbocycles. The Morgan fingerprint density at radius 2 is 1.57 bits per heavy atom. The van der Waals surface area contributed by atoms with Crippen molar-refractivity contribution < 1.29 is 8.78 Å². The van der Waals surface area contributed by atoms with Crippen LogP contribution in [-0.4, -0.2) is 0 Å². The van der Waals surface area contributed by atoms with E-state index in [1.807, 2.05) is 0 Å². The molecule has 4 fully saturated rings. The molecule has 4 aliphatic rings. The molecule has 4 saturated carbocycles. The molecule has 0 amide bonds. The first-order chi connectivity index (χ1) is 10.0. The number of hydrogen-bond donors (Lipinski definition) is 1. The van der Waals surface area contributed by atoms with E-state index >= 15 is 0 Å². The Morgan fingerprint density at radius 3 is 2.10 bits per heavy atom. The average Bonchev–Trinajstić information content (AvgIpc) is 2.39. The molecule has 3 heteroatoms. The summed E-state index contributed by atoms with van der Waals surface area (Å²) in [4.78, 5) is 0. The number of nitrogens with two attached hydrogens (primary N) is 1. The largest absolute Gasteiger partial charge is 0.324 e. The summed E-state index contributed by atoms with van der Waals surface area (Å²) in [7, 11) is 0. The van der Waals surface area contributed by atoms with Crippen LogP contribution in [0.2, 0.25) is 0 Å². The maximum absolute atomic E-state index is 13.4. The SMILES string of the molecule is NC(CC12CC3CC(CC(C3)C1)C2)c1ccc(F)c(F)c1. The normalized spacial score (nSPS) is 38.7. The third-order valence-corrected chi connectivity index (χ3v) is 6.19. The molecule has 1 aromatic carbocycles. The lowest BCUT2D eigenvalue weighted by molar-refractivity contribution is -0.0605. The molecule has 4 bridgehead atoms. The minimum absolute atomic E-state index is 0.170. The van der Waals surface area contributed by atoms with Crippen LogP contribution < -0.4 is 5.73 Å². The van der Waals surface area contributed by atoms with Gasteiger partial charge >= 0.3 is 0 Å². The molecule has 1 unspecified atom stereocenters. The Kier molecular flexibility index (Phi) is 3.11. The highest BCUT2D eigenvalue weighted by Crippen LogP contribution is 2.62. The van der Waals surface area contributed by atoms with Crippen LogP contribution in [0.4, 0.5) is 8.78 Å². The zero-order chi connectivity index (χ0) is 14.6. The van der Waals surface area contributed by atoms with Gasteiger partial charge in [-0.1, -0.05) is 6.07 Å². The summed E-state index contributed by atoms with van der Waals surface area (Å²) < 4.78 is 26.5. The number of halogens is 2. The Hall–Kier alpha value is -0.960. The summed E-state index contributed by atoms with van der Waals surface area (Å²) in [6.45, 7) is 0. The predicted molar refractivity (Wildman–Crippen MR) is 78.5 cm³/mol. The third-order valence-electron chi connectivity index (χ3n) is 6.19. The van der Waals surface area contributed by atoms with Crippen molar-refractivity contribution in [2.24, 2.45) is 28.9 Å². The summed E-state index contributed by atoms with van der Waals surface area (Å²) in [5, 5.41) is 0. The molecule has 0 radical (unpaired) electrons. The van der Waals surface area contributed by atoms with Gasteiger partial charge in [0.05, 0.1) is 0 Å². The van der Waals surface area contributed by atoms with E-state index in [9.17, 15) is 8.78 Å². The first kappa shape index (κ1) is 13.7. The van der Waals surface area contributed by atoms with Crippen molar-refractivity contribution in [3.8, 4) is 0 Å². The molecule has 5 rings (SSSR count). The van der Waals surface area contributed by atoms with Gasteiger partial charge in [-0.25, -0.2) is 8.78 Å². The van der Waals surface area contributed by atoms with Crippen LogP contribution in [0.3, 0.4) is 0 Å². The molecule has 1 atom stereocenters. The van der Waals surface area contributed by atoms with Gasteiger partial charge in [-0.2, -0.15) is 0 Å². The van der Waals surface area contributed by atoms with Crippen LogP contribution in [0, 0.1) is 34.8 Å². The van der Waals surface area contributed by atoms with E-state index in [0.717, 1.165) is 29.7 Å². The molecule has 0 aromatic heterocycles. The van der Waals surface area contributed by atoms with Crippen molar-refractivity contribution in [3.05, 3.63) is 35.4 Å². The fourth-order valence-electron chi connectivity index (χ4n) is 5.87. The van der Waals surface area contributed by atoms with Crippen molar-refractivity contribution in [1.29, 1.82) is 0 Å². The lowest BCUT2D eigenvalue weighted by Gasteiger charge is -2.57. The summed E-state index contributed by atoms with van der Waals surface area (Å²) >= 11 is 0. The molecule has 0 saturated heterocycles. The number of rotatable bonds is 3. The lowest BCUT2D eigenvalue weighted by atomic mass is 9.48. The van der Waals surface area contributed by atoms with E-state index in [1.54, 1.807) is 6.07 Å². The quantitative estimate of drug-likeness (QED) is 0.867. The molecule has 0 heterocycles. The van der Waals surface area contributed by atoms with E-state index in [-0.39, 0.29) is 6.04 Å². The Labute approximate surface area is 124 Å². The van der Waals surface area contributed by atoms with Crippen molar-refractivity contribution in [2.75, 3.05) is 0 Å². The maximum Gasteiger partial charge on any atom is 0.159 e. The average molecular weight is 291 g/mol. The van der Waals surface area contributed by atoms with Gasteiger partial charge in [0, 0.05) is 6.04 Å². The van der Waals surface area contributed by atoms with Crippen LogP contribution >= 0.6 is 0 Å². The topological polar surface area (TPSA) is 26.0 Å². The Bertz CT molecular complexity index is 519. The van der Waals surface area contributed by atoms with E-state index in [0.29, 0.717) is 5.41 Å². The van der Waals surface area contributed by atoms with Crippen LogP contribution in [0.5, 0.6) is 0 Å². The van der Waals surface area contributed by atoms with Crippen LogP contribution in [0.15, 0.2) is 18.2 Å². The molecular formula is C18H23F2N. The fourth-order valence-corrected chi connectivity index (χ4v) is 5.87. The van der Waals surface area contributed by atoms with Gasteiger partial charge in [-0.05, 0) is 85.8 Å². The van der Waals surface area contributed by atoms with Gasteiger partial charge in [-0.3, -0.25) is 0 Å². The van der Waals surface area contributed by atoms with Crippen molar-refractivity contribution in [2.45, 2.75) is 51.0 Å². The number of hydrogen-bond acceptors (Lipinski definition) is 1. The fraction of sp³-hybridized carbons (Fsp3) is 0.667. The van der Waals surface area contributed by atoms with E-state index in [4.69, 9.17) is 5.73 Å². The van der Waals surface area contributed by atoms with E-state index in [1.165, 1.54) is 50.7 Å². The van der Waals surface area contributed by atoms with Crippen molar-refractivity contribution in [3.63, 3.8) is 0 Å². The summed E-state index contributed by atoms with van der Waals surface area (Å²) in [6, 6.07) is 3.95. The van der Waals surface area contributed by atoms with Gasteiger partial charge < -0.3 is 5.73 Å². The second-order valence-electron chi connectivity index (χ2n) is 7.90. The van der Waals surface area contributed by atoms with E-state index in [2.05, 4.69) is 0 Å². The lowest BCUT2D eigenvalue weighted by Crippen LogP contribution is -2.47. The van der Waals surface area contributed by atoms with Crippen molar-refractivity contribution in [1.82, 2.24) is 0 Å². The highest BCUT2D eigenvalue weighted by Gasteiger charge is 2.51. The van der Waals surface area contributed by atoms with Gasteiger partial charge in [-0.15, -0.1) is 0 Å². The van der Waals surface area contributed by atoms with Crippen LogP contribution in [0.1, 0.15) is 56.6 Å². The zero-order valence-electron chi connectivity index (χ0n) is 12.3. The van der Waals surface area contributed by atoms with Gasteiger partial charge in [0.25, 0.3) is 0 Å². The summed E-state index contributed by atoms with van der Waals surface area (Å²) in [5.74, 6) is 1.12. The molecule has 1 aromatic rings. The second kappa shape index (κ2) is 4.77. The monoisotopic (exact) mass is 291 g/mol. The molecular weight excluding hydrogens is 268 g/mol. The van der Waals surface area contributed by atoms with Gasteiger partial charge in [0.2, 0.25) is 0 Å². The highest BCUT2D eigenvalue weighted by molar-refractivity contribution is 5.21. The number of benzene rings is 1. The summed E-state index contributed by atoms with van der Waals surface area (Å²) in [5.41, 5.74) is 7.46. The van der Waals surface area contributed by atoms with E-state index < -0.39 is 11.6 Å².